The molecule has 2 nitrogen and oxygen atoms in total. The van der Waals surface area contributed by atoms with Gasteiger partial charge in [0.25, 0.3) is 0 Å². The van der Waals surface area contributed by atoms with E-state index in [1.165, 1.54) is 12.1 Å². The Morgan fingerprint density at radius 2 is 1.81 bits per heavy atom. The summed E-state index contributed by atoms with van der Waals surface area (Å²) in [6.45, 7) is 7.14. The van der Waals surface area contributed by atoms with Crippen molar-refractivity contribution in [3.05, 3.63) is 29.8 Å². The fraction of sp³-hybridized carbons (Fsp3) is 0.462. The number of nitrogens with zero attached hydrogens (tertiary/aromatic N) is 1. The number of hydrogen-bond acceptors (Lipinski definition) is 2. The lowest BCUT2D eigenvalue weighted by Crippen LogP contribution is -2.43. The summed E-state index contributed by atoms with van der Waals surface area (Å²) in [5.41, 5.74) is 1.94. The maximum Gasteiger partial charge on any atom is 0.152 e. The Balaban J connectivity index is 2.17. The fourth-order valence-corrected chi connectivity index (χ4v) is 4.23. The first-order valence-corrected chi connectivity index (χ1v) is 9.33. The van der Waals surface area contributed by atoms with E-state index in [2.05, 4.69) is 24.1 Å². The van der Waals surface area contributed by atoms with Crippen LogP contribution in [0.25, 0.3) is 0 Å². The van der Waals surface area contributed by atoms with Crippen molar-refractivity contribution >= 4 is 20.0 Å². The van der Waals surface area contributed by atoms with E-state index < -0.39 is 8.07 Å². The van der Waals surface area contributed by atoms with E-state index in [4.69, 9.17) is 0 Å². The third kappa shape index (κ3) is 2.35. The van der Waals surface area contributed by atoms with Crippen LogP contribution in [0.1, 0.15) is 10.4 Å². The summed E-state index contributed by atoms with van der Waals surface area (Å²) < 4.78 is 0. The average molecular weight is 233 g/mol. The zero-order valence-electron chi connectivity index (χ0n) is 10.1. The average Bonchev–Trinajstić information content (AvgIpc) is 2.29. The van der Waals surface area contributed by atoms with Crippen LogP contribution < -0.4 is 4.90 Å². The van der Waals surface area contributed by atoms with Crippen molar-refractivity contribution in [2.45, 2.75) is 25.2 Å². The number of rotatable bonds is 2. The molecule has 0 aliphatic carbocycles. The van der Waals surface area contributed by atoms with Crippen molar-refractivity contribution < 1.29 is 4.79 Å². The summed E-state index contributed by atoms with van der Waals surface area (Å²) in [6.07, 6.45) is 0.965. The molecule has 1 fully saturated rings. The molecule has 0 amide bonds. The molecule has 2 rings (SSSR count). The lowest BCUT2D eigenvalue weighted by atomic mass is 10.2. The summed E-state index contributed by atoms with van der Waals surface area (Å²) in [6, 6.07) is 10.6. The van der Waals surface area contributed by atoms with Gasteiger partial charge in [-0.25, -0.2) is 0 Å². The molecule has 1 heterocycles. The Bertz CT molecular complexity index is 379. The van der Waals surface area contributed by atoms with Crippen LogP contribution in [-0.2, 0) is 0 Å². The first kappa shape index (κ1) is 11.4. The number of benzene rings is 1. The fourth-order valence-electron chi connectivity index (χ4n) is 2.23. The first-order chi connectivity index (χ1) is 7.62. The number of aldehydes is 1. The molecular weight excluding hydrogens is 214 g/mol. The van der Waals surface area contributed by atoms with Crippen LogP contribution in [0.15, 0.2) is 24.3 Å². The van der Waals surface area contributed by atoms with Gasteiger partial charge in [0.1, 0.15) is 0 Å². The monoisotopic (exact) mass is 233 g/mol. The minimum absolute atomic E-state index is 0.823. The Morgan fingerprint density at radius 3 is 2.44 bits per heavy atom. The lowest BCUT2D eigenvalue weighted by molar-refractivity contribution is 0.112. The van der Waals surface area contributed by atoms with Gasteiger partial charge >= 0.3 is 0 Å². The molecule has 16 heavy (non-hydrogen) atoms. The third-order valence-corrected chi connectivity index (χ3v) is 6.68. The number of carbonyl (C=O) groups is 1. The number of para-hydroxylation sites is 1. The summed E-state index contributed by atoms with van der Waals surface area (Å²) in [5, 5.41) is 0. The maximum atomic E-state index is 11.0. The molecule has 0 bridgehead atoms. The molecule has 0 aromatic heterocycles. The topological polar surface area (TPSA) is 20.3 Å². The highest BCUT2D eigenvalue weighted by molar-refractivity contribution is 6.77. The van der Waals surface area contributed by atoms with Crippen molar-refractivity contribution in [2.24, 2.45) is 0 Å². The largest absolute Gasteiger partial charge is 0.372 e. The molecule has 0 spiro atoms. The van der Waals surface area contributed by atoms with Gasteiger partial charge in [0, 0.05) is 24.3 Å². The molecule has 0 radical (unpaired) electrons. The molecular formula is C13H19NOSi. The van der Waals surface area contributed by atoms with Crippen LogP contribution in [0.3, 0.4) is 0 Å². The molecule has 1 aromatic carbocycles. The van der Waals surface area contributed by atoms with Gasteiger partial charge < -0.3 is 4.90 Å². The molecule has 1 aromatic rings. The van der Waals surface area contributed by atoms with E-state index in [0.29, 0.717) is 0 Å². The van der Waals surface area contributed by atoms with E-state index in [9.17, 15) is 4.79 Å². The second kappa shape index (κ2) is 4.42. The van der Waals surface area contributed by atoms with Gasteiger partial charge in [0.2, 0.25) is 0 Å². The second-order valence-electron chi connectivity index (χ2n) is 5.33. The number of hydrogen-bond donors (Lipinski definition) is 0. The number of anilines is 1. The van der Waals surface area contributed by atoms with E-state index in [-0.39, 0.29) is 0 Å². The summed E-state index contributed by atoms with van der Waals surface area (Å²) in [5.74, 6) is 0. The zero-order chi connectivity index (χ0) is 11.6. The molecule has 1 saturated heterocycles. The van der Waals surface area contributed by atoms with Crippen LogP contribution >= 0.6 is 0 Å². The highest BCUT2D eigenvalue weighted by Gasteiger charge is 2.27. The van der Waals surface area contributed by atoms with Gasteiger partial charge in [-0.1, -0.05) is 25.2 Å². The predicted octanol–water partition coefficient (Wildman–Crippen LogP) is 3.03. The molecule has 0 atom stereocenters. The van der Waals surface area contributed by atoms with Gasteiger partial charge in [-0.05, 0) is 24.2 Å². The van der Waals surface area contributed by atoms with Crippen molar-refractivity contribution in [1.82, 2.24) is 0 Å². The quantitative estimate of drug-likeness (QED) is 0.578. The van der Waals surface area contributed by atoms with Gasteiger partial charge in [-0.3, -0.25) is 4.79 Å². The highest BCUT2D eigenvalue weighted by atomic mass is 28.3. The third-order valence-electron chi connectivity index (χ3n) is 3.52. The zero-order valence-corrected chi connectivity index (χ0v) is 11.1. The minimum atomic E-state index is -0.923. The van der Waals surface area contributed by atoms with E-state index >= 15 is 0 Å². The van der Waals surface area contributed by atoms with Crippen molar-refractivity contribution in [3.8, 4) is 0 Å². The van der Waals surface area contributed by atoms with E-state index in [1.807, 2.05) is 18.2 Å². The smallest absolute Gasteiger partial charge is 0.152 e. The molecule has 0 saturated carbocycles. The minimum Gasteiger partial charge on any atom is -0.372 e. The van der Waals surface area contributed by atoms with Crippen LogP contribution in [0.5, 0.6) is 0 Å². The molecule has 3 heteroatoms. The predicted molar refractivity (Wildman–Crippen MR) is 71.1 cm³/mol. The van der Waals surface area contributed by atoms with Gasteiger partial charge in [-0.2, -0.15) is 0 Å². The Morgan fingerprint density at radius 1 is 1.19 bits per heavy atom. The van der Waals surface area contributed by atoms with Gasteiger partial charge in [-0.15, -0.1) is 0 Å². The summed E-state index contributed by atoms with van der Waals surface area (Å²) in [7, 11) is -0.923. The van der Waals surface area contributed by atoms with E-state index in [0.717, 1.165) is 30.6 Å². The summed E-state index contributed by atoms with van der Waals surface area (Å²) in [4.78, 5) is 13.3. The Kier molecular flexibility index (Phi) is 3.14. The lowest BCUT2D eigenvalue weighted by Gasteiger charge is -2.37. The maximum absolute atomic E-state index is 11.0. The van der Waals surface area contributed by atoms with Crippen LogP contribution in [0, 0.1) is 0 Å². The molecule has 1 aliphatic rings. The Labute approximate surface area is 98.3 Å². The Hall–Kier alpha value is -1.09. The second-order valence-corrected chi connectivity index (χ2v) is 10.7. The molecule has 0 unspecified atom stereocenters. The SMILES string of the molecule is C[Si]1(C)CCN(c2ccccc2C=O)CC1. The molecule has 0 N–H and O–H groups in total. The molecule has 86 valence electrons. The first-order valence-electron chi connectivity index (χ1n) is 5.91. The normalized spacial score (nSPS) is 19.5. The molecule has 1 aliphatic heterocycles. The standard InChI is InChI=1S/C13H19NOSi/c1-16(2)9-7-14(8-10-16)13-6-4-3-5-12(13)11-15/h3-6,11H,7-10H2,1-2H3. The van der Waals surface area contributed by atoms with Crippen LogP contribution in [0.4, 0.5) is 5.69 Å². The number of carbonyl (C=O) groups excluding carboxylic acids is 1. The van der Waals surface area contributed by atoms with Gasteiger partial charge in [0.05, 0.1) is 8.07 Å². The van der Waals surface area contributed by atoms with Crippen LogP contribution in [0.2, 0.25) is 25.2 Å². The van der Waals surface area contributed by atoms with Crippen molar-refractivity contribution in [1.29, 1.82) is 0 Å². The van der Waals surface area contributed by atoms with E-state index in [1.54, 1.807) is 0 Å². The van der Waals surface area contributed by atoms with Crippen LogP contribution in [-0.4, -0.2) is 27.4 Å². The van der Waals surface area contributed by atoms with Gasteiger partial charge in [0.15, 0.2) is 6.29 Å². The summed E-state index contributed by atoms with van der Waals surface area (Å²) >= 11 is 0. The van der Waals surface area contributed by atoms with Crippen molar-refractivity contribution in [2.75, 3.05) is 18.0 Å². The highest BCUT2D eigenvalue weighted by Crippen LogP contribution is 2.27. The van der Waals surface area contributed by atoms with Crippen molar-refractivity contribution in [3.63, 3.8) is 0 Å².